The van der Waals surface area contributed by atoms with Gasteiger partial charge in [-0.3, -0.25) is 0 Å². The lowest BCUT2D eigenvalue weighted by atomic mass is 10.2. The number of hydrogen-bond donors (Lipinski definition) is 0. The van der Waals surface area contributed by atoms with Crippen molar-refractivity contribution in [2.75, 3.05) is 11.5 Å². The Morgan fingerprint density at radius 3 is 2.68 bits per heavy atom. The fraction of sp³-hybridized carbons (Fsp3) is 0.538. The quantitative estimate of drug-likeness (QED) is 0.799. The normalized spacial score (nSPS) is 24.3. The number of aryl methyl sites for hydroxylation is 1. The van der Waals surface area contributed by atoms with Crippen molar-refractivity contribution < 1.29 is 8.42 Å². The van der Waals surface area contributed by atoms with Crippen molar-refractivity contribution in [3.05, 3.63) is 34.0 Å². The van der Waals surface area contributed by atoms with Gasteiger partial charge in [0.25, 0.3) is 0 Å². The van der Waals surface area contributed by atoms with Crippen LogP contribution in [0, 0.1) is 6.92 Å². The van der Waals surface area contributed by atoms with Gasteiger partial charge in [-0.25, -0.2) is 8.42 Å². The monoisotopic (exact) mass is 317 g/mol. The van der Waals surface area contributed by atoms with E-state index in [-0.39, 0.29) is 11.1 Å². The number of nitrogens with zero attached hydrogens (tertiary/aromatic N) is 1. The molecule has 0 spiro atoms. The van der Waals surface area contributed by atoms with E-state index in [9.17, 15) is 8.42 Å². The molecule has 106 valence electrons. The fourth-order valence-corrected chi connectivity index (χ4v) is 8.02. The summed E-state index contributed by atoms with van der Waals surface area (Å²) in [6, 6.07) is 6.93. The average molecular weight is 318 g/mol. The molecule has 1 heterocycles. The maximum Gasteiger partial charge on any atom is 0.151 e. The zero-order valence-corrected chi connectivity index (χ0v) is 13.7. The first kappa shape index (κ1) is 15.2. The highest BCUT2D eigenvalue weighted by Gasteiger charge is 2.29. The highest BCUT2D eigenvalue weighted by atomic mass is 32.3. The van der Waals surface area contributed by atoms with Gasteiger partial charge in [0.05, 0.1) is 10.6 Å². The van der Waals surface area contributed by atoms with Crippen LogP contribution < -0.4 is 0 Å². The summed E-state index contributed by atoms with van der Waals surface area (Å²) in [4.78, 5) is 0.316. The van der Waals surface area contributed by atoms with Crippen LogP contribution in [0.3, 0.4) is 0 Å². The summed E-state index contributed by atoms with van der Waals surface area (Å²) < 4.78 is 29.2. The zero-order chi connectivity index (χ0) is 13.9. The molecule has 2 rings (SSSR count). The molecule has 6 heteroatoms. The Bertz CT molecular complexity index is 513. The first-order chi connectivity index (χ1) is 9.03. The number of sulfonamides is 1. The van der Waals surface area contributed by atoms with Crippen LogP contribution >= 0.6 is 11.8 Å². The molecule has 3 nitrogen and oxygen atoms in total. The van der Waals surface area contributed by atoms with Gasteiger partial charge in [-0.1, -0.05) is 35.7 Å². The molecular formula is C13H19NO2S3. The summed E-state index contributed by atoms with van der Waals surface area (Å²) in [6.07, 6.45) is 2.05. The van der Waals surface area contributed by atoms with Crippen LogP contribution in [-0.2, 0) is 21.1 Å². The Labute approximate surface area is 123 Å². The molecule has 0 bridgehead atoms. The van der Waals surface area contributed by atoms with Crippen molar-refractivity contribution in [1.29, 1.82) is 0 Å². The van der Waals surface area contributed by atoms with Crippen LogP contribution in [0.4, 0.5) is 0 Å². The maximum absolute atomic E-state index is 12.3. The molecule has 2 atom stereocenters. The van der Waals surface area contributed by atoms with Crippen molar-refractivity contribution >= 4 is 32.9 Å². The molecule has 0 radical (unpaired) electrons. The third kappa shape index (κ3) is 3.90. The minimum atomic E-state index is -3.50. The summed E-state index contributed by atoms with van der Waals surface area (Å²) in [5.41, 5.74) is 1.06. The van der Waals surface area contributed by atoms with Crippen molar-refractivity contribution in [2.24, 2.45) is 0 Å². The zero-order valence-electron chi connectivity index (χ0n) is 11.2. The van der Waals surface area contributed by atoms with E-state index in [0.717, 1.165) is 29.9 Å². The predicted octanol–water partition coefficient (Wildman–Crippen LogP) is 3.46. The molecular weight excluding hydrogens is 298 g/mol. The van der Waals surface area contributed by atoms with E-state index < -0.39 is 10.0 Å². The van der Waals surface area contributed by atoms with Crippen LogP contribution in [0.1, 0.15) is 25.3 Å². The molecule has 0 saturated carbocycles. The van der Waals surface area contributed by atoms with E-state index in [2.05, 4.69) is 11.1 Å². The third-order valence-electron chi connectivity index (χ3n) is 2.95. The Morgan fingerprint density at radius 2 is 2.05 bits per heavy atom. The van der Waals surface area contributed by atoms with Gasteiger partial charge in [0.1, 0.15) is 10.0 Å². The summed E-state index contributed by atoms with van der Waals surface area (Å²) in [5, 5.41) is 0. The van der Waals surface area contributed by atoms with Gasteiger partial charge >= 0.3 is 0 Å². The standard InChI is InChI=1S/C13H19NO2S3/c1-3-13-17-9-4-10-18(13)14-19(15,16)12-7-5-11(2)6-8-12/h5-8,13H,3-4,9-10H2,1-2H3/t13-,18?/m1/s1. The first-order valence-corrected chi connectivity index (χ1v) is 10.3. The fourth-order valence-electron chi connectivity index (χ4n) is 1.91. The minimum absolute atomic E-state index is 0.316. The van der Waals surface area contributed by atoms with E-state index >= 15 is 0 Å². The van der Waals surface area contributed by atoms with Gasteiger partial charge in [-0.2, -0.15) is 0 Å². The summed E-state index contributed by atoms with van der Waals surface area (Å²) in [5.74, 6) is 2.04. The number of hydrogen-bond acceptors (Lipinski definition) is 3. The third-order valence-corrected chi connectivity index (χ3v) is 9.32. The van der Waals surface area contributed by atoms with Gasteiger partial charge in [-0.05, 0) is 19.1 Å². The Balaban J connectivity index is 2.14. The largest absolute Gasteiger partial charge is 0.311 e. The highest BCUT2D eigenvalue weighted by Crippen LogP contribution is 2.36. The number of benzene rings is 1. The lowest BCUT2D eigenvalue weighted by molar-refractivity contribution is 0.604. The smallest absolute Gasteiger partial charge is 0.151 e. The van der Waals surface area contributed by atoms with Crippen LogP contribution in [0.15, 0.2) is 29.2 Å². The van der Waals surface area contributed by atoms with E-state index in [0.29, 0.717) is 9.48 Å². The number of rotatable bonds is 4. The highest BCUT2D eigenvalue weighted by molar-refractivity contribution is 8.23. The molecule has 19 heavy (non-hydrogen) atoms. The second-order valence-corrected chi connectivity index (χ2v) is 9.94. The van der Waals surface area contributed by atoms with E-state index in [1.807, 2.05) is 30.8 Å². The summed E-state index contributed by atoms with van der Waals surface area (Å²) in [6.45, 7) is 4.05. The van der Waals surface area contributed by atoms with Crippen LogP contribution in [0.5, 0.6) is 0 Å². The van der Waals surface area contributed by atoms with E-state index in [1.165, 1.54) is 0 Å². The topological polar surface area (TPSA) is 48.2 Å². The molecule has 1 aromatic carbocycles. The van der Waals surface area contributed by atoms with Gasteiger partial charge in [-0.15, -0.1) is 11.8 Å². The van der Waals surface area contributed by atoms with Gasteiger partial charge < -0.3 is 4.13 Å². The molecule has 1 aliphatic rings. The molecule has 1 unspecified atom stereocenters. The summed E-state index contributed by atoms with van der Waals surface area (Å²) >= 11 is 1.51. The van der Waals surface area contributed by atoms with Crippen molar-refractivity contribution in [3.8, 4) is 0 Å². The molecule has 1 aromatic rings. The molecule has 0 N–H and O–H groups in total. The second-order valence-electron chi connectivity index (χ2n) is 4.53. The minimum Gasteiger partial charge on any atom is -0.311 e. The molecule has 0 aliphatic carbocycles. The van der Waals surface area contributed by atoms with Crippen molar-refractivity contribution in [1.82, 2.24) is 0 Å². The second kappa shape index (κ2) is 6.52. The maximum atomic E-state index is 12.3. The number of thioether (sulfide) groups is 1. The SMILES string of the molecule is CC[C@@H]1SCCC[S+]1[N-]S(=O)(=O)c1ccc(C)cc1. The van der Waals surface area contributed by atoms with Gasteiger partial charge in [0.15, 0.2) is 4.58 Å². The molecule has 0 aromatic heterocycles. The van der Waals surface area contributed by atoms with Crippen molar-refractivity contribution in [3.63, 3.8) is 0 Å². The van der Waals surface area contributed by atoms with Gasteiger partial charge in [0, 0.05) is 18.6 Å². The Kier molecular flexibility index (Phi) is 5.22. The predicted molar refractivity (Wildman–Crippen MR) is 85.1 cm³/mol. The van der Waals surface area contributed by atoms with Crippen LogP contribution in [0.25, 0.3) is 4.13 Å². The van der Waals surface area contributed by atoms with Crippen LogP contribution in [-0.4, -0.2) is 24.5 Å². The average Bonchev–Trinajstić information content (AvgIpc) is 2.39. The summed E-state index contributed by atoms with van der Waals surface area (Å²) in [7, 11) is -3.50. The Morgan fingerprint density at radius 1 is 1.37 bits per heavy atom. The molecule has 1 fully saturated rings. The Hall–Kier alpha value is -0.170. The molecule has 0 amide bonds. The first-order valence-electron chi connectivity index (χ1n) is 6.39. The van der Waals surface area contributed by atoms with E-state index in [1.54, 1.807) is 12.1 Å². The molecule has 1 saturated heterocycles. The van der Waals surface area contributed by atoms with Crippen molar-refractivity contribution in [2.45, 2.75) is 36.2 Å². The van der Waals surface area contributed by atoms with Gasteiger partial charge in [0.2, 0.25) is 0 Å². The molecule has 1 aliphatic heterocycles. The van der Waals surface area contributed by atoms with E-state index in [4.69, 9.17) is 0 Å². The van der Waals surface area contributed by atoms with Crippen LogP contribution in [0.2, 0.25) is 0 Å². The lowest BCUT2D eigenvalue weighted by Crippen LogP contribution is -2.27. The lowest BCUT2D eigenvalue weighted by Gasteiger charge is -2.30.